The molecule has 0 aromatic carbocycles. The topological polar surface area (TPSA) is 67.6 Å². The molecule has 19 heavy (non-hydrogen) atoms. The van der Waals surface area contributed by atoms with E-state index in [0.29, 0.717) is 22.9 Å². The largest absolute Gasteiger partial charge is 0.492 e. The molecule has 1 amide bonds. The molecule has 0 saturated carbocycles. The quantitative estimate of drug-likeness (QED) is 0.752. The van der Waals surface area contributed by atoms with Gasteiger partial charge in [0.25, 0.3) is 5.91 Å². The van der Waals surface area contributed by atoms with Gasteiger partial charge in [0, 0.05) is 20.1 Å². The van der Waals surface area contributed by atoms with Crippen molar-refractivity contribution < 1.29 is 9.53 Å². The Labute approximate surface area is 118 Å². The molecular weight excluding hydrogens is 262 g/mol. The summed E-state index contributed by atoms with van der Waals surface area (Å²) in [7, 11) is 3.52. The first-order valence-electron chi connectivity index (χ1n) is 6.13. The van der Waals surface area contributed by atoms with Gasteiger partial charge in [-0.05, 0) is 6.42 Å². The summed E-state index contributed by atoms with van der Waals surface area (Å²) in [6, 6.07) is 0. The second-order valence-corrected chi connectivity index (χ2v) is 5.10. The summed E-state index contributed by atoms with van der Waals surface area (Å²) in [6.07, 6.45) is 2.64. The molecule has 6 heteroatoms. The summed E-state index contributed by atoms with van der Waals surface area (Å²) < 4.78 is 5.32. The zero-order valence-electron chi connectivity index (χ0n) is 11.7. The van der Waals surface area contributed by atoms with Gasteiger partial charge in [-0.1, -0.05) is 13.0 Å². The Bertz CT molecular complexity index is 457. The van der Waals surface area contributed by atoms with Crippen LogP contribution < -0.4 is 20.7 Å². The minimum absolute atomic E-state index is 0.197. The summed E-state index contributed by atoms with van der Waals surface area (Å²) in [5.41, 5.74) is 6.39. The van der Waals surface area contributed by atoms with Crippen LogP contribution in [0.3, 0.4) is 0 Å². The fourth-order valence-electron chi connectivity index (χ4n) is 1.72. The van der Waals surface area contributed by atoms with E-state index < -0.39 is 0 Å². The number of ether oxygens (including phenoxy) is 1. The fraction of sp³-hybridized carbons (Fsp3) is 0.462. The number of hydrogen-bond acceptors (Lipinski definition) is 5. The first-order valence-corrected chi connectivity index (χ1v) is 6.94. The van der Waals surface area contributed by atoms with Crippen LogP contribution in [0, 0.1) is 0 Å². The molecule has 1 heterocycles. The number of nitrogens with two attached hydrogens (primary N) is 1. The average molecular weight is 283 g/mol. The van der Waals surface area contributed by atoms with Crippen LogP contribution in [-0.4, -0.2) is 33.2 Å². The Morgan fingerprint density at radius 1 is 1.63 bits per heavy atom. The molecule has 0 aliphatic heterocycles. The number of carbonyl (C=O) groups is 1. The number of nitrogens with one attached hydrogen (secondary N) is 1. The van der Waals surface area contributed by atoms with Gasteiger partial charge >= 0.3 is 0 Å². The van der Waals surface area contributed by atoms with Crippen LogP contribution >= 0.6 is 11.3 Å². The zero-order valence-corrected chi connectivity index (χ0v) is 12.5. The third-order valence-electron chi connectivity index (χ3n) is 2.61. The van der Waals surface area contributed by atoms with E-state index >= 15 is 0 Å². The van der Waals surface area contributed by atoms with Gasteiger partial charge < -0.3 is 20.7 Å². The number of thiophene rings is 1. The number of methoxy groups -OCH3 is 1. The Kier molecular flexibility index (Phi) is 5.69. The third kappa shape index (κ3) is 3.41. The maximum absolute atomic E-state index is 12.0. The normalized spacial score (nSPS) is 10.1. The highest BCUT2D eigenvalue weighted by molar-refractivity contribution is 7.19. The van der Waals surface area contributed by atoms with Crippen molar-refractivity contribution in [2.45, 2.75) is 13.3 Å². The van der Waals surface area contributed by atoms with Crippen LogP contribution in [0.5, 0.6) is 5.75 Å². The molecule has 0 atom stereocenters. The predicted octanol–water partition coefficient (Wildman–Crippen LogP) is 2.10. The van der Waals surface area contributed by atoms with Gasteiger partial charge in [0.2, 0.25) is 0 Å². The summed E-state index contributed by atoms with van der Waals surface area (Å²) in [6.45, 7) is 6.95. The maximum Gasteiger partial charge on any atom is 0.263 e. The standard InChI is InChI=1S/C13H21N3O2S/c1-5-7-15-12(17)11-9(14)10(18-4)13(19-11)16(3)8-6-2/h5H,1,6-8,14H2,2-4H3,(H,15,17). The minimum atomic E-state index is -0.197. The van der Waals surface area contributed by atoms with Crippen molar-refractivity contribution in [2.24, 2.45) is 0 Å². The van der Waals surface area contributed by atoms with Crippen molar-refractivity contribution in [3.8, 4) is 5.75 Å². The molecule has 3 N–H and O–H groups in total. The molecule has 0 unspecified atom stereocenters. The third-order valence-corrected chi connectivity index (χ3v) is 3.91. The Hall–Kier alpha value is -1.69. The summed E-state index contributed by atoms with van der Waals surface area (Å²) in [5, 5.41) is 3.60. The molecule has 1 aromatic rings. The van der Waals surface area contributed by atoms with Crippen molar-refractivity contribution in [1.29, 1.82) is 0 Å². The smallest absolute Gasteiger partial charge is 0.263 e. The summed E-state index contributed by atoms with van der Waals surface area (Å²) >= 11 is 1.35. The van der Waals surface area contributed by atoms with Gasteiger partial charge in [-0.15, -0.1) is 17.9 Å². The van der Waals surface area contributed by atoms with E-state index in [4.69, 9.17) is 10.5 Å². The lowest BCUT2D eigenvalue weighted by molar-refractivity contribution is 0.0962. The van der Waals surface area contributed by atoms with Gasteiger partial charge in [-0.2, -0.15) is 0 Å². The molecule has 0 spiro atoms. The molecule has 0 aliphatic rings. The highest BCUT2D eigenvalue weighted by Crippen LogP contribution is 2.44. The molecule has 1 rings (SSSR count). The van der Waals surface area contributed by atoms with Crippen LogP contribution in [0.2, 0.25) is 0 Å². The van der Waals surface area contributed by atoms with Crippen molar-refractivity contribution in [2.75, 3.05) is 37.9 Å². The van der Waals surface area contributed by atoms with Crippen LogP contribution in [0.1, 0.15) is 23.0 Å². The monoisotopic (exact) mass is 283 g/mol. The van der Waals surface area contributed by atoms with Crippen molar-refractivity contribution in [1.82, 2.24) is 5.32 Å². The van der Waals surface area contributed by atoms with Gasteiger partial charge in [0.15, 0.2) is 5.75 Å². The van der Waals surface area contributed by atoms with E-state index in [1.807, 2.05) is 11.9 Å². The molecule has 106 valence electrons. The van der Waals surface area contributed by atoms with Gasteiger partial charge in [-0.25, -0.2) is 0 Å². The van der Waals surface area contributed by atoms with Crippen molar-refractivity contribution in [3.05, 3.63) is 17.5 Å². The van der Waals surface area contributed by atoms with Crippen LogP contribution in [-0.2, 0) is 0 Å². The molecule has 0 bridgehead atoms. The van der Waals surface area contributed by atoms with E-state index in [1.54, 1.807) is 13.2 Å². The minimum Gasteiger partial charge on any atom is -0.492 e. The van der Waals surface area contributed by atoms with E-state index in [9.17, 15) is 4.79 Å². The molecule has 1 aromatic heterocycles. The SMILES string of the molecule is C=CCNC(=O)c1sc(N(C)CCC)c(OC)c1N. The fourth-order valence-corrected chi connectivity index (χ4v) is 2.81. The van der Waals surface area contributed by atoms with E-state index in [0.717, 1.165) is 18.0 Å². The lowest BCUT2D eigenvalue weighted by Gasteiger charge is -2.17. The van der Waals surface area contributed by atoms with Gasteiger partial charge in [-0.3, -0.25) is 4.79 Å². The van der Waals surface area contributed by atoms with Crippen molar-refractivity contribution in [3.63, 3.8) is 0 Å². The molecule has 0 fully saturated rings. The number of nitrogens with zero attached hydrogens (tertiary/aromatic N) is 1. The number of anilines is 2. The van der Waals surface area contributed by atoms with Crippen molar-refractivity contribution >= 4 is 27.9 Å². The molecule has 5 nitrogen and oxygen atoms in total. The average Bonchev–Trinajstić information content (AvgIpc) is 2.73. The number of hydrogen-bond donors (Lipinski definition) is 2. The van der Waals surface area contributed by atoms with Gasteiger partial charge in [0.1, 0.15) is 15.6 Å². The molecule has 0 radical (unpaired) electrons. The Morgan fingerprint density at radius 3 is 2.84 bits per heavy atom. The number of nitrogen functional groups attached to an aromatic ring is 1. The zero-order chi connectivity index (χ0) is 14.4. The molecule has 0 aliphatic carbocycles. The summed E-state index contributed by atoms with van der Waals surface area (Å²) in [4.78, 5) is 14.5. The van der Waals surface area contributed by atoms with E-state index in [2.05, 4.69) is 18.8 Å². The van der Waals surface area contributed by atoms with Crippen LogP contribution in [0.25, 0.3) is 0 Å². The first kappa shape index (κ1) is 15.4. The summed E-state index contributed by atoms with van der Waals surface area (Å²) in [5.74, 6) is 0.376. The Morgan fingerprint density at radius 2 is 2.32 bits per heavy atom. The first-order chi connectivity index (χ1) is 9.06. The molecule has 0 saturated heterocycles. The van der Waals surface area contributed by atoms with E-state index in [-0.39, 0.29) is 5.91 Å². The van der Waals surface area contributed by atoms with Crippen LogP contribution in [0.15, 0.2) is 12.7 Å². The highest BCUT2D eigenvalue weighted by atomic mass is 32.1. The number of amides is 1. The Balaban J connectivity index is 3.07. The maximum atomic E-state index is 12.0. The number of carbonyl (C=O) groups excluding carboxylic acids is 1. The molecular formula is C13H21N3O2S. The van der Waals surface area contributed by atoms with Gasteiger partial charge in [0.05, 0.1) is 7.11 Å². The predicted molar refractivity (Wildman–Crippen MR) is 81.4 cm³/mol. The highest BCUT2D eigenvalue weighted by Gasteiger charge is 2.23. The second kappa shape index (κ2) is 7.04. The van der Waals surface area contributed by atoms with E-state index in [1.165, 1.54) is 11.3 Å². The lowest BCUT2D eigenvalue weighted by atomic mass is 10.3. The lowest BCUT2D eigenvalue weighted by Crippen LogP contribution is -2.23. The second-order valence-electron chi connectivity index (χ2n) is 4.10. The van der Waals surface area contributed by atoms with Crippen LogP contribution in [0.4, 0.5) is 10.7 Å². The number of rotatable bonds is 7.